The average molecular weight is 458 g/mol. The van der Waals surface area contributed by atoms with Crippen LogP contribution in [0.5, 0.6) is 0 Å². The number of ether oxygens (including phenoxy) is 1. The Kier molecular flexibility index (Phi) is 6.43. The lowest BCUT2D eigenvalue weighted by Crippen LogP contribution is -2.17. The van der Waals surface area contributed by atoms with E-state index in [1.165, 1.54) is 18.4 Å². The molecule has 1 aliphatic rings. The molecule has 1 unspecified atom stereocenters. The highest BCUT2D eigenvalue weighted by molar-refractivity contribution is 7.99. The maximum atomic E-state index is 12.6. The number of anilines is 1. The number of thioether (sulfide) groups is 1. The molecule has 2 heterocycles. The van der Waals surface area contributed by atoms with Gasteiger partial charge in [0.2, 0.25) is 11.8 Å². The van der Waals surface area contributed by atoms with E-state index in [1.807, 2.05) is 31.2 Å². The molecule has 0 aliphatic heterocycles. The highest BCUT2D eigenvalue weighted by Crippen LogP contribution is 2.40. The van der Waals surface area contributed by atoms with Gasteiger partial charge in [-0.1, -0.05) is 36.4 Å². The Morgan fingerprint density at radius 3 is 2.97 bits per heavy atom. The van der Waals surface area contributed by atoms with Crippen molar-refractivity contribution >= 4 is 40.0 Å². The number of hydrogen-bond donors (Lipinski definition) is 1. The van der Waals surface area contributed by atoms with E-state index in [9.17, 15) is 9.59 Å². The first-order valence-corrected chi connectivity index (χ1v) is 11.8. The van der Waals surface area contributed by atoms with Crippen LogP contribution in [0.15, 0.2) is 33.9 Å². The second-order valence-electron chi connectivity index (χ2n) is 7.63. The number of esters is 1. The van der Waals surface area contributed by atoms with Crippen LogP contribution in [0.2, 0.25) is 0 Å². The number of nitrogens with zero attached hydrogens (tertiary/aromatic N) is 2. The highest BCUT2D eigenvalue weighted by atomic mass is 32.2. The quantitative estimate of drug-likeness (QED) is 0.422. The maximum Gasteiger partial charge on any atom is 0.341 e. The van der Waals surface area contributed by atoms with Crippen molar-refractivity contribution in [2.75, 3.05) is 18.2 Å². The maximum absolute atomic E-state index is 12.6. The summed E-state index contributed by atoms with van der Waals surface area (Å²) in [5.41, 5.74) is 3.44. The standard InChI is InChI=1S/C22H23N3O4S2/c1-12-5-4-6-14(9-12)19-24-25-22(29-19)30-11-17(26)23-20-18(21(27)28-3)15-8-7-13(2)10-16(15)31-20/h4-6,9,13H,7-8,10-11H2,1-3H3,(H,23,26). The Hall–Kier alpha value is -2.65. The smallest absolute Gasteiger partial charge is 0.341 e. The molecule has 0 saturated carbocycles. The third-order valence-electron chi connectivity index (χ3n) is 5.15. The second-order valence-corrected chi connectivity index (χ2v) is 9.66. The lowest BCUT2D eigenvalue weighted by atomic mass is 9.88. The molecule has 0 fully saturated rings. The number of hydrogen-bond acceptors (Lipinski definition) is 8. The molecule has 2 aromatic heterocycles. The van der Waals surface area contributed by atoms with Gasteiger partial charge in [0, 0.05) is 10.4 Å². The summed E-state index contributed by atoms with van der Waals surface area (Å²) >= 11 is 2.63. The number of carbonyl (C=O) groups excluding carboxylic acids is 2. The van der Waals surface area contributed by atoms with Crippen molar-refractivity contribution in [2.45, 2.75) is 38.3 Å². The van der Waals surface area contributed by atoms with E-state index in [-0.39, 0.29) is 11.7 Å². The molecule has 0 radical (unpaired) electrons. The van der Waals surface area contributed by atoms with Gasteiger partial charge in [0.25, 0.3) is 5.22 Å². The number of nitrogens with one attached hydrogen (secondary N) is 1. The van der Waals surface area contributed by atoms with E-state index in [0.717, 1.165) is 52.6 Å². The zero-order valence-electron chi connectivity index (χ0n) is 17.6. The molecular formula is C22H23N3O4S2. The number of aryl methyl sites for hydroxylation is 1. The first-order valence-electron chi connectivity index (χ1n) is 10.0. The van der Waals surface area contributed by atoms with Crippen LogP contribution in [0, 0.1) is 12.8 Å². The summed E-state index contributed by atoms with van der Waals surface area (Å²) in [5, 5.41) is 11.8. The van der Waals surface area contributed by atoms with E-state index in [2.05, 4.69) is 22.4 Å². The summed E-state index contributed by atoms with van der Waals surface area (Å²) in [6.07, 6.45) is 2.77. The second kappa shape index (κ2) is 9.23. The van der Waals surface area contributed by atoms with Gasteiger partial charge < -0.3 is 14.5 Å². The van der Waals surface area contributed by atoms with Gasteiger partial charge in [0.1, 0.15) is 5.00 Å². The third kappa shape index (κ3) is 4.83. The summed E-state index contributed by atoms with van der Waals surface area (Å²) in [7, 11) is 1.36. The normalized spacial score (nSPS) is 15.4. The molecule has 3 aromatic rings. The Balaban J connectivity index is 1.43. The molecule has 1 atom stereocenters. The lowest BCUT2D eigenvalue weighted by molar-refractivity contribution is -0.113. The molecule has 0 saturated heterocycles. The molecule has 1 N–H and O–H groups in total. The van der Waals surface area contributed by atoms with E-state index in [1.54, 1.807) is 0 Å². The van der Waals surface area contributed by atoms with E-state index in [4.69, 9.17) is 9.15 Å². The molecule has 31 heavy (non-hydrogen) atoms. The summed E-state index contributed by atoms with van der Waals surface area (Å²) in [6.45, 7) is 4.19. The zero-order chi connectivity index (χ0) is 22.0. The molecule has 4 rings (SSSR count). The van der Waals surface area contributed by atoms with Gasteiger partial charge >= 0.3 is 5.97 Å². The Labute approximate surface area is 188 Å². The largest absolute Gasteiger partial charge is 0.465 e. The fourth-order valence-electron chi connectivity index (χ4n) is 3.61. The van der Waals surface area contributed by atoms with Crippen molar-refractivity contribution < 1.29 is 18.7 Å². The fourth-order valence-corrected chi connectivity index (χ4v) is 5.59. The first kappa shape index (κ1) is 21.6. The van der Waals surface area contributed by atoms with Crippen LogP contribution in [-0.2, 0) is 22.4 Å². The number of amides is 1. The Bertz CT molecular complexity index is 1120. The number of benzene rings is 1. The number of aromatic nitrogens is 2. The van der Waals surface area contributed by atoms with Gasteiger partial charge in [-0.25, -0.2) is 4.79 Å². The summed E-state index contributed by atoms with van der Waals surface area (Å²) in [6, 6.07) is 7.78. The van der Waals surface area contributed by atoms with Crippen LogP contribution in [0.3, 0.4) is 0 Å². The minimum Gasteiger partial charge on any atom is -0.465 e. The SMILES string of the molecule is COC(=O)c1c(NC(=O)CSc2nnc(-c3cccc(C)c3)o2)sc2c1CCC(C)C2. The number of carbonyl (C=O) groups is 2. The predicted octanol–water partition coefficient (Wildman–Crippen LogP) is 4.75. The van der Waals surface area contributed by atoms with Crippen molar-refractivity contribution in [3.63, 3.8) is 0 Å². The van der Waals surface area contributed by atoms with Gasteiger partial charge in [0.15, 0.2) is 0 Å². The molecule has 9 heteroatoms. The minimum absolute atomic E-state index is 0.0923. The predicted molar refractivity (Wildman–Crippen MR) is 121 cm³/mol. The Morgan fingerprint density at radius 2 is 2.19 bits per heavy atom. The summed E-state index contributed by atoms with van der Waals surface area (Å²) in [4.78, 5) is 26.1. The van der Waals surface area contributed by atoms with Gasteiger partial charge in [-0.05, 0) is 49.8 Å². The highest BCUT2D eigenvalue weighted by Gasteiger charge is 2.29. The van der Waals surface area contributed by atoms with Gasteiger partial charge in [-0.15, -0.1) is 21.5 Å². The van der Waals surface area contributed by atoms with E-state index >= 15 is 0 Å². The van der Waals surface area contributed by atoms with Crippen molar-refractivity contribution in [3.8, 4) is 11.5 Å². The Morgan fingerprint density at radius 1 is 1.35 bits per heavy atom. The molecule has 7 nitrogen and oxygen atoms in total. The molecule has 1 aliphatic carbocycles. The van der Waals surface area contributed by atoms with Crippen molar-refractivity contribution in [1.82, 2.24) is 10.2 Å². The van der Waals surface area contributed by atoms with Crippen LogP contribution in [-0.4, -0.2) is 34.9 Å². The molecule has 1 aromatic carbocycles. The average Bonchev–Trinajstić information content (AvgIpc) is 3.36. The molecule has 0 bridgehead atoms. The van der Waals surface area contributed by atoms with Crippen molar-refractivity contribution in [1.29, 1.82) is 0 Å². The third-order valence-corrected chi connectivity index (χ3v) is 7.14. The minimum atomic E-state index is -0.408. The fraction of sp³-hybridized carbons (Fsp3) is 0.364. The van der Waals surface area contributed by atoms with Crippen LogP contribution in [0.1, 0.15) is 39.7 Å². The summed E-state index contributed by atoms with van der Waals surface area (Å²) < 4.78 is 10.6. The summed E-state index contributed by atoms with van der Waals surface area (Å²) in [5.74, 6) is 0.428. The lowest BCUT2D eigenvalue weighted by Gasteiger charge is -2.18. The number of rotatable bonds is 6. The van der Waals surface area contributed by atoms with Crippen molar-refractivity contribution in [3.05, 3.63) is 45.8 Å². The van der Waals surface area contributed by atoms with Crippen LogP contribution in [0.4, 0.5) is 5.00 Å². The van der Waals surface area contributed by atoms with Gasteiger partial charge in [0.05, 0.1) is 18.4 Å². The van der Waals surface area contributed by atoms with Crippen LogP contribution in [0.25, 0.3) is 11.5 Å². The van der Waals surface area contributed by atoms with E-state index in [0.29, 0.717) is 27.6 Å². The number of methoxy groups -OCH3 is 1. The van der Waals surface area contributed by atoms with Gasteiger partial charge in [-0.3, -0.25) is 4.79 Å². The monoisotopic (exact) mass is 457 g/mol. The number of thiophene rings is 1. The van der Waals surface area contributed by atoms with Crippen LogP contribution >= 0.6 is 23.1 Å². The molecule has 1 amide bonds. The van der Waals surface area contributed by atoms with Crippen LogP contribution < -0.4 is 5.32 Å². The van der Waals surface area contributed by atoms with Crippen molar-refractivity contribution in [2.24, 2.45) is 5.92 Å². The first-order chi connectivity index (χ1) is 14.9. The van der Waals surface area contributed by atoms with E-state index < -0.39 is 5.97 Å². The molecular weight excluding hydrogens is 434 g/mol. The zero-order valence-corrected chi connectivity index (χ0v) is 19.2. The molecule has 162 valence electrons. The topological polar surface area (TPSA) is 94.3 Å². The number of fused-ring (bicyclic) bond motifs is 1. The molecule has 0 spiro atoms. The van der Waals surface area contributed by atoms with Gasteiger partial charge in [-0.2, -0.15) is 0 Å².